The minimum atomic E-state index is -2.76. The Hall–Kier alpha value is -0.0300. The molecule has 0 fully saturated rings. The van der Waals surface area contributed by atoms with Gasteiger partial charge in [0, 0.05) is 0 Å². The predicted molar refractivity (Wildman–Crippen MR) is 30.9 cm³/mol. The molecule has 0 aromatic heterocycles. The van der Waals surface area contributed by atoms with E-state index in [0.29, 0.717) is 0 Å². The maximum absolute atomic E-state index is 11.7. The number of rotatable bonds is 2. The summed E-state index contributed by atoms with van der Waals surface area (Å²) in [7, 11) is 0. The van der Waals surface area contributed by atoms with E-state index < -0.39 is 22.3 Å². The Balaban J connectivity index is 4.19. The van der Waals surface area contributed by atoms with Crippen molar-refractivity contribution in [3.63, 3.8) is 0 Å². The Morgan fingerprint density at radius 2 is 1.89 bits per heavy atom. The van der Waals surface area contributed by atoms with E-state index in [1.165, 1.54) is 0 Å². The summed E-state index contributed by atoms with van der Waals surface area (Å²) in [5.74, 6) is 0. The number of hydrogen-bond acceptors (Lipinski definition) is 1. The summed E-state index contributed by atoms with van der Waals surface area (Å²) in [4.78, 5) is 0. The molecule has 0 aliphatic carbocycles. The largest absolute Gasteiger partial charge is 0.306 e. The van der Waals surface area contributed by atoms with Crippen molar-refractivity contribution < 1.29 is 17.5 Å². The van der Waals surface area contributed by atoms with Crippen LogP contribution in [0.1, 0.15) is 13.8 Å². The molecule has 0 spiro atoms. The number of halogens is 2. The van der Waals surface area contributed by atoms with Gasteiger partial charge < -0.3 is 4.55 Å². The van der Waals surface area contributed by atoms with Crippen LogP contribution in [0.2, 0.25) is 0 Å². The fraction of sp³-hybridized carbons (Fsp3) is 1.00. The van der Waals surface area contributed by atoms with Crippen LogP contribution < -0.4 is 0 Å². The lowest BCUT2D eigenvalue weighted by Crippen LogP contribution is -2.34. The van der Waals surface area contributed by atoms with Crippen LogP contribution in [0.5, 0.6) is 0 Å². The average Bonchev–Trinajstić information content (AvgIpc) is 1.65. The summed E-state index contributed by atoms with van der Waals surface area (Å²) in [5, 5.41) is 0. The smallest absolute Gasteiger partial charge is 0.257 e. The van der Waals surface area contributed by atoms with E-state index in [-0.39, 0.29) is 0 Å². The van der Waals surface area contributed by atoms with Crippen molar-refractivity contribution in [2.75, 3.05) is 0 Å². The van der Waals surface area contributed by atoms with Gasteiger partial charge in [0.15, 0.2) is 11.1 Å². The van der Waals surface area contributed by atoms with E-state index in [0.717, 1.165) is 13.8 Å². The van der Waals surface area contributed by atoms with Gasteiger partial charge in [-0.3, -0.25) is 0 Å². The number of hydrogen-bond donors (Lipinski definition) is 1. The Morgan fingerprint density at radius 1 is 1.56 bits per heavy atom. The molecule has 0 amide bonds. The molecule has 56 valence electrons. The molecule has 9 heavy (non-hydrogen) atoms. The third kappa shape index (κ3) is 1.98. The zero-order chi connectivity index (χ0) is 7.65. The molecule has 1 atom stereocenters. The SMILES string of the molecule is CC(C)(C(F)F)S(=O)O. The molecule has 0 radical (unpaired) electrons. The molecule has 0 aromatic carbocycles. The highest BCUT2D eigenvalue weighted by molar-refractivity contribution is 7.80. The van der Waals surface area contributed by atoms with Crippen molar-refractivity contribution in [2.24, 2.45) is 0 Å². The van der Waals surface area contributed by atoms with Crippen molar-refractivity contribution in [3.05, 3.63) is 0 Å². The van der Waals surface area contributed by atoms with Gasteiger partial charge in [-0.15, -0.1) is 0 Å². The Morgan fingerprint density at radius 3 is 1.89 bits per heavy atom. The molecule has 1 unspecified atom stereocenters. The van der Waals surface area contributed by atoms with Crippen LogP contribution in [0, 0.1) is 0 Å². The van der Waals surface area contributed by atoms with Gasteiger partial charge in [-0.05, 0) is 13.8 Å². The molecular weight excluding hydrogens is 150 g/mol. The zero-order valence-corrected chi connectivity index (χ0v) is 5.91. The molecule has 0 aromatic rings. The molecule has 1 N–H and O–H groups in total. The quantitative estimate of drug-likeness (QED) is 0.614. The number of alkyl halides is 2. The first-order valence-electron chi connectivity index (χ1n) is 2.28. The lowest BCUT2D eigenvalue weighted by molar-refractivity contribution is 0.108. The summed E-state index contributed by atoms with van der Waals surface area (Å²) in [5.41, 5.74) is 0. The first-order chi connectivity index (χ1) is 3.89. The van der Waals surface area contributed by atoms with Crippen LogP contribution in [-0.2, 0) is 11.1 Å². The molecule has 0 heterocycles. The van der Waals surface area contributed by atoms with Crippen LogP contribution in [0.15, 0.2) is 0 Å². The van der Waals surface area contributed by atoms with E-state index in [1.54, 1.807) is 0 Å². The van der Waals surface area contributed by atoms with E-state index in [9.17, 15) is 13.0 Å². The Labute approximate surface area is 54.5 Å². The fourth-order valence-corrected chi connectivity index (χ4v) is 0.229. The predicted octanol–water partition coefficient (Wildman–Crippen LogP) is 1.25. The van der Waals surface area contributed by atoms with Gasteiger partial charge in [-0.1, -0.05) is 0 Å². The normalized spacial score (nSPS) is 16.2. The summed E-state index contributed by atoms with van der Waals surface area (Å²) in [6.45, 7) is 2.07. The molecular formula is C4H8F2O2S. The molecule has 5 heteroatoms. The first kappa shape index (κ1) is 8.97. The van der Waals surface area contributed by atoms with Crippen LogP contribution in [0.3, 0.4) is 0 Å². The average molecular weight is 158 g/mol. The van der Waals surface area contributed by atoms with Gasteiger partial charge in [0.2, 0.25) is 0 Å². The summed E-state index contributed by atoms with van der Waals surface area (Å²) in [6.07, 6.45) is -2.76. The highest BCUT2D eigenvalue weighted by atomic mass is 32.2. The van der Waals surface area contributed by atoms with Crippen molar-refractivity contribution in [2.45, 2.75) is 25.0 Å². The zero-order valence-electron chi connectivity index (χ0n) is 5.10. The van der Waals surface area contributed by atoms with Gasteiger partial charge >= 0.3 is 0 Å². The van der Waals surface area contributed by atoms with Gasteiger partial charge in [0.25, 0.3) is 6.43 Å². The maximum Gasteiger partial charge on any atom is 0.257 e. The second kappa shape index (κ2) is 2.70. The summed E-state index contributed by atoms with van der Waals surface area (Å²) in [6, 6.07) is 0. The van der Waals surface area contributed by atoms with E-state index in [4.69, 9.17) is 4.55 Å². The third-order valence-corrected chi connectivity index (χ3v) is 2.05. The van der Waals surface area contributed by atoms with E-state index >= 15 is 0 Å². The topological polar surface area (TPSA) is 37.3 Å². The molecule has 0 aliphatic heterocycles. The lowest BCUT2D eigenvalue weighted by atomic mass is 10.2. The van der Waals surface area contributed by atoms with Crippen molar-refractivity contribution in [1.82, 2.24) is 0 Å². The molecule has 0 bridgehead atoms. The second-order valence-corrected chi connectivity index (χ2v) is 3.70. The minimum Gasteiger partial charge on any atom is -0.306 e. The van der Waals surface area contributed by atoms with Crippen LogP contribution in [-0.4, -0.2) is 19.9 Å². The highest BCUT2D eigenvalue weighted by Crippen LogP contribution is 2.19. The van der Waals surface area contributed by atoms with Crippen molar-refractivity contribution in [3.8, 4) is 0 Å². The van der Waals surface area contributed by atoms with Crippen LogP contribution in [0.25, 0.3) is 0 Å². The molecule has 0 rings (SSSR count). The molecule has 2 nitrogen and oxygen atoms in total. The van der Waals surface area contributed by atoms with E-state index in [2.05, 4.69) is 0 Å². The first-order valence-corrected chi connectivity index (χ1v) is 3.39. The Bertz CT molecular complexity index is 124. The van der Waals surface area contributed by atoms with Gasteiger partial charge in [0.1, 0.15) is 4.75 Å². The van der Waals surface area contributed by atoms with E-state index in [1.807, 2.05) is 0 Å². The molecule has 0 saturated heterocycles. The van der Waals surface area contributed by atoms with Gasteiger partial charge in [0.05, 0.1) is 0 Å². The van der Waals surface area contributed by atoms with Gasteiger partial charge in [-0.2, -0.15) is 0 Å². The fourth-order valence-electron chi connectivity index (χ4n) is 0.0762. The summed E-state index contributed by atoms with van der Waals surface area (Å²) < 4.78 is 40.0. The second-order valence-electron chi connectivity index (χ2n) is 2.15. The third-order valence-electron chi connectivity index (χ3n) is 0.976. The molecule has 0 aliphatic rings. The lowest BCUT2D eigenvalue weighted by Gasteiger charge is -2.17. The van der Waals surface area contributed by atoms with Crippen LogP contribution >= 0.6 is 0 Å². The standard InChI is InChI=1S/C4H8F2O2S/c1-4(2,3(5)6)9(7)8/h3H,1-2H3,(H,7,8). The van der Waals surface area contributed by atoms with Crippen molar-refractivity contribution in [1.29, 1.82) is 0 Å². The summed E-state index contributed by atoms with van der Waals surface area (Å²) >= 11 is -2.46. The van der Waals surface area contributed by atoms with Gasteiger partial charge in [-0.25, -0.2) is 13.0 Å². The van der Waals surface area contributed by atoms with Crippen molar-refractivity contribution >= 4 is 11.1 Å². The Kier molecular flexibility index (Phi) is 2.69. The monoisotopic (exact) mass is 158 g/mol. The maximum atomic E-state index is 11.7. The highest BCUT2D eigenvalue weighted by Gasteiger charge is 2.35. The molecule has 0 saturated carbocycles. The van der Waals surface area contributed by atoms with Crippen LogP contribution in [0.4, 0.5) is 8.78 Å². The minimum absolute atomic E-state index is 1.04.